The van der Waals surface area contributed by atoms with Crippen molar-refractivity contribution in [3.8, 4) is 0 Å². The maximum absolute atomic E-state index is 13.2. The van der Waals surface area contributed by atoms with Gasteiger partial charge in [-0.05, 0) is 55.5 Å². The Labute approximate surface area is 158 Å². The second-order valence-corrected chi connectivity index (χ2v) is 6.68. The van der Waals surface area contributed by atoms with Crippen molar-refractivity contribution in [3.05, 3.63) is 63.2 Å². The molecule has 0 unspecified atom stereocenters. The first-order chi connectivity index (χ1) is 13.1. The van der Waals surface area contributed by atoms with Crippen LogP contribution >= 0.6 is 0 Å². The van der Waals surface area contributed by atoms with Crippen LogP contribution in [0.2, 0.25) is 0 Å². The second-order valence-electron chi connectivity index (χ2n) is 6.68. The van der Waals surface area contributed by atoms with Gasteiger partial charge in [0.2, 0.25) is 5.91 Å². The first-order valence-electron chi connectivity index (χ1n) is 8.70. The highest BCUT2D eigenvalue weighted by Crippen LogP contribution is 2.37. The SMILES string of the molecule is C[C@@H](Nc1ccc2c(c1)CCC2)C(=O)Nc1ccc([N+](=O)[O-])cc1C(F)(F)F. The number of nitro benzene ring substituents is 1. The van der Waals surface area contributed by atoms with Crippen LogP contribution in [0.15, 0.2) is 36.4 Å². The van der Waals surface area contributed by atoms with Crippen LogP contribution in [-0.2, 0) is 23.8 Å². The van der Waals surface area contributed by atoms with Crippen molar-refractivity contribution in [2.75, 3.05) is 10.6 Å². The number of anilines is 2. The van der Waals surface area contributed by atoms with Gasteiger partial charge in [-0.2, -0.15) is 13.2 Å². The third-order valence-electron chi connectivity index (χ3n) is 4.65. The molecule has 0 saturated heterocycles. The van der Waals surface area contributed by atoms with Gasteiger partial charge in [-0.1, -0.05) is 6.07 Å². The van der Waals surface area contributed by atoms with E-state index in [1.54, 1.807) is 0 Å². The van der Waals surface area contributed by atoms with Gasteiger partial charge in [0.1, 0.15) is 6.04 Å². The third kappa shape index (κ3) is 4.24. The minimum Gasteiger partial charge on any atom is -0.374 e. The lowest BCUT2D eigenvalue weighted by atomic mass is 10.1. The van der Waals surface area contributed by atoms with Crippen molar-refractivity contribution in [2.24, 2.45) is 0 Å². The summed E-state index contributed by atoms with van der Waals surface area (Å²) in [5.41, 5.74) is 0.693. The molecule has 2 aromatic carbocycles. The molecule has 0 aliphatic heterocycles. The number of carbonyl (C=O) groups is 1. The van der Waals surface area contributed by atoms with Crippen LogP contribution in [0.5, 0.6) is 0 Å². The average molecular weight is 393 g/mol. The fourth-order valence-corrected chi connectivity index (χ4v) is 3.21. The second kappa shape index (κ2) is 7.49. The number of hydrogen-bond donors (Lipinski definition) is 2. The fourth-order valence-electron chi connectivity index (χ4n) is 3.21. The van der Waals surface area contributed by atoms with E-state index in [-0.39, 0.29) is 0 Å². The summed E-state index contributed by atoms with van der Waals surface area (Å²) in [6.45, 7) is 1.53. The van der Waals surface area contributed by atoms with E-state index in [9.17, 15) is 28.1 Å². The molecule has 1 amide bonds. The van der Waals surface area contributed by atoms with E-state index in [4.69, 9.17) is 0 Å². The van der Waals surface area contributed by atoms with E-state index in [0.29, 0.717) is 11.8 Å². The topological polar surface area (TPSA) is 84.3 Å². The molecule has 1 aliphatic carbocycles. The van der Waals surface area contributed by atoms with Crippen molar-refractivity contribution in [3.63, 3.8) is 0 Å². The van der Waals surface area contributed by atoms with Gasteiger partial charge in [0.25, 0.3) is 5.69 Å². The van der Waals surface area contributed by atoms with Gasteiger partial charge >= 0.3 is 6.18 Å². The Morgan fingerprint density at radius 3 is 2.54 bits per heavy atom. The number of carbonyl (C=O) groups excluding carboxylic acids is 1. The van der Waals surface area contributed by atoms with Gasteiger partial charge < -0.3 is 10.6 Å². The number of aryl methyl sites for hydroxylation is 2. The molecule has 0 saturated carbocycles. The van der Waals surface area contributed by atoms with Crippen molar-refractivity contribution < 1.29 is 22.9 Å². The largest absolute Gasteiger partial charge is 0.418 e. The maximum atomic E-state index is 13.2. The average Bonchev–Trinajstić information content (AvgIpc) is 3.08. The number of benzene rings is 2. The van der Waals surface area contributed by atoms with Crippen molar-refractivity contribution in [2.45, 2.75) is 38.4 Å². The summed E-state index contributed by atoms with van der Waals surface area (Å²) in [6.07, 6.45) is -1.78. The highest BCUT2D eigenvalue weighted by atomic mass is 19.4. The summed E-state index contributed by atoms with van der Waals surface area (Å²) in [4.78, 5) is 22.2. The molecule has 9 heteroatoms. The predicted molar refractivity (Wildman–Crippen MR) is 98.3 cm³/mol. The molecule has 3 rings (SSSR count). The van der Waals surface area contributed by atoms with Crippen molar-refractivity contribution >= 4 is 23.0 Å². The molecule has 148 valence electrons. The Kier molecular flexibility index (Phi) is 5.26. The molecular weight excluding hydrogens is 375 g/mol. The van der Waals surface area contributed by atoms with Gasteiger partial charge in [0, 0.05) is 17.8 Å². The number of fused-ring (bicyclic) bond motifs is 1. The first-order valence-corrected chi connectivity index (χ1v) is 8.70. The summed E-state index contributed by atoms with van der Waals surface area (Å²) in [6, 6.07) is 7.17. The molecule has 0 heterocycles. The number of amides is 1. The van der Waals surface area contributed by atoms with Crippen LogP contribution in [0.1, 0.15) is 30.0 Å². The normalized spacial score (nSPS) is 14.3. The smallest absolute Gasteiger partial charge is 0.374 e. The number of nitrogens with zero attached hydrogens (tertiary/aromatic N) is 1. The summed E-state index contributed by atoms with van der Waals surface area (Å²) in [5, 5.41) is 15.9. The molecule has 0 radical (unpaired) electrons. The highest BCUT2D eigenvalue weighted by molar-refractivity contribution is 5.97. The van der Waals surface area contributed by atoms with Crippen molar-refractivity contribution in [1.29, 1.82) is 0 Å². The Hall–Kier alpha value is -3.10. The zero-order valence-electron chi connectivity index (χ0n) is 15.0. The molecule has 0 fully saturated rings. The van der Waals surface area contributed by atoms with Gasteiger partial charge in [0.15, 0.2) is 0 Å². The molecule has 2 aromatic rings. The van der Waals surface area contributed by atoms with E-state index in [0.717, 1.165) is 31.4 Å². The Bertz CT molecular complexity index is 928. The minimum atomic E-state index is -4.84. The van der Waals surface area contributed by atoms with Crippen LogP contribution in [0.4, 0.5) is 30.2 Å². The van der Waals surface area contributed by atoms with E-state index >= 15 is 0 Å². The lowest BCUT2D eigenvalue weighted by Gasteiger charge is -2.18. The van der Waals surface area contributed by atoms with Crippen LogP contribution in [0.3, 0.4) is 0 Å². The van der Waals surface area contributed by atoms with Gasteiger partial charge in [-0.25, -0.2) is 0 Å². The monoisotopic (exact) mass is 393 g/mol. The standard InChI is InChI=1S/C19H18F3N3O3/c1-11(23-14-6-5-12-3-2-4-13(12)9-14)18(26)24-17-8-7-15(25(27)28)10-16(17)19(20,21)22/h5-11,23H,2-4H2,1H3,(H,24,26)/t11-/m1/s1. The molecule has 2 N–H and O–H groups in total. The number of rotatable bonds is 5. The molecule has 1 aliphatic rings. The number of hydrogen-bond acceptors (Lipinski definition) is 4. The maximum Gasteiger partial charge on any atom is 0.418 e. The van der Waals surface area contributed by atoms with E-state index in [1.165, 1.54) is 18.1 Å². The molecule has 1 atom stereocenters. The lowest BCUT2D eigenvalue weighted by molar-refractivity contribution is -0.385. The predicted octanol–water partition coefficient (Wildman–Crippen LogP) is 4.54. The molecule has 0 spiro atoms. The first kappa shape index (κ1) is 19.7. The quantitative estimate of drug-likeness (QED) is 0.577. The number of alkyl halides is 3. The molecular formula is C19H18F3N3O3. The van der Waals surface area contributed by atoms with Crippen LogP contribution in [0.25, 0.3) is 0 Å². The molecule has 0 bridgehead atoms. The summed E-state index contributed by atoms with van der Waals surface area (Å²) in [7, 11) is 0. The van der Waals surface area contributed by atoms with E-state index in [2.05, 4.69) is 10.6 Å². The third-order valence-corrected chi connectivity index (χ3v) is 4.65. The minimum absolute atomic E-state index is 0.411. The Balaban J connectivity index is 1.75. The highest BCUT2D eigenvalue weighted by Gasteiger charge is 2.36. The molecule has 0 aromatic heterocycles. The van der Waals surface area contributed by atoms with E-state index < -0.39 is 40.0 Å². The summed E-state index contributed by atoms with van der Waals surface area (Å²) >= 11 is 0. The van der Waals surface area contributed by atoms with Crippen molar-refractivity contribution in [1.82, 2.24) is 0 Å². The zero-order chi connectivity index (χ0) is 20.5. The number of nitrogens with one attached hydrogen (secondary N) is 2. The molecule has 28 heavy (non-hydrogen) atoms. The van der Waals surface area contributed by atoms with E-state index in [1.807, 2.05) is 18.2 Å². The van der Waals surface area contributed by atoms with Crippen LogP contribution in [-0.4, -0.2) is 16.9 Å². The Morgan fingerprint density at radius 1 is 1.14 bits per heavy atom. The summed E-state index contributed by atoms with van der Waals surface area (Å²) in [5.74, 6) is -0.681. The molecule has 6 nitrogen and oxygen atoms in total. The van der Waals surface area contributed by atoms with Gasteiger partial charge in [0.05, 0.1) is 16.2 Å². The fraction of sp³-hybridized carbons (Fsp3) is 0.316. The van der Waals surface area contributed by atoms with Crippen LogP contribution in [0, 0.1) is 10.1 Å². The summed E-state index contributed by atoms with van der Waals surface area (Å²) < 4.78 is 39.7. The van der Waals surface area contributed by atoms with Gasteiger partial charge in [-0.15, -0.1) is 0 Å². The number of non-ortho nitro benzene ring substituents is 1. The van der Waals surface area contributed by atoms with Crippen LogP contribution < -0.4 is 10.6 Å². The number of halogens is 3. The lowest BCUT2D eigenvalue weighted by Crippen LogP contribution is -2.32. The zero-order valence-corrected chi connectivity index (χ0v) is 15.0. The Morgan fingerprint density at radius 2 is 1.86 bits per heavy atom. The number of nitro groups is 1. The van der Waals surface area contributed by atoms with Gasteiger partial charge in [-0.3, -0.25) is 14.9 Å².